The zero-order chi connectivity index (χ0) is 12.1. The fourth-order valence-corrected chi connectivity index (χ4v) is 1.26. The maximum atomic E-state index is 13.2. The van der Waals surface area contributed by atoms with Crippen molar-refractivity contribution in [3.8, 4) is 17.9 Å². The summed E-state index contributed by atoms with van der Waals surface area (Å²) in [4.78, 5) is 0. The van der Waals surface area contributed by atoms with E-state index in [1.54, 1.807) is 22.6 Å². The predicted octanol–water partition coefficient (Wildman–Crippen LogP) is 1.95. The summed E-state index contributed by atoms with van der Waals surface area (Å²) in [7, 11) is 0. The first kappa shape index (κ1) is 12.2. The summed E-state index contributed by atoms with van der Waals surface area (Å²) < 4.78 is 13.5. The molecular formula is C9H4FIN4O. The molecule has 1 rings (SSSR count). The van der Waals surface area contributed by atoms with Crippen molar-refractivity contribution in [2.45, 2.75) is 0 Å². The standard InChI is InChI=1S/C9H4FIN4O/c10-8-6(11)1-2-7(9(8)16)15-14-5(3-12)4-13/h1-2,15-16H. The quantitative estimate of drug-likeness (QED) is 0.375. The third-order valence-electron chi connectivity index (χ3n) is 1.57. The van der Waals surface area contributed by atoms with E-state index in [2.05, 4.69) is 10.5 Å². The number of nitrogens with one attached hydrogen (secondary N) is 1. The van der Waals surface area contributed by atoms with Crippen LogP contribution in [0.4, 0.5) is 10.1 Å². The lowest BCUT2D eigenvalue weighted by atomic mass is 10.3. The summed E-state index contributed by atoms with van der Waals surface area (Å²) in [5.74, 6) is -1.39. The summed E-state index contributed by atoms with van der Waals surface area (Å²) in [5, 5.41) is 29.5. The van der Waals surface area contributed by atoms with Gasteiger partial charge in [-0.2, -0.15) is 15.6 Å². The van der Waals surface area contributed by atoms with Gasteiger partial charge in [-0.3, -0.25) is 5.43 Å². The van der Waals surface area contributed by atoms with Gasteiger partial charge in [0.1, 0.15) is 17.8 Å². The van der Waals surface area contributed by atoms with E-state index in [9.17, 15) is 9.50 Å². The van der Waals surface area contributed by atoms with E-state index in [0.717, 1.165) is 0 Å². The van der Waals surface area contributed by atoms with Crippen LogP contribution in [0.15, 0.2) is 17.2 Å². The van der Waals surface area contributed by atoms with E-state index < -0.39 is 17.3 Å². The predicted molar refractivity (Wildman–Crippen MR) is 63.1 cm³/mol. The first-order valence-corrected chi connectivity index (χ1v) is 4.99. The van der Waals surface area contributed by atoms with Gasteiger partial charge in [0.15, 0.2) is 11.6 Å². The van der Waals surface area contributed by atoms with E-state index in [0.29, 0.717) is 0 Å². The van der Waals surface area contributed by atoms with Crippen LogP contribution in [0, 0.1) is 32.0 Å². The number of nitriles is 2. The van der Waals surface area contributed by atoms with Gasteiger partial charge in [0, 0.05) is 0 Å². The third-order valence-corrected chi connectivity index (χ3v) is 2.40. The lowest BCUT2D eigenvalue weighted by Gasteiger charge is -2.04. The normalized spacial score (nSPS) is 8.75. The number of anilines is 1. The van der Waals surface area contributed by atoms with Gasteiger partial charge in [-0.05, 0) is 34.7 Å². The number of rotatable bonds is 2. The number of hydrogen-bond acceptors (Lipinski definition) is 5. The second-order valence-corrected chi connectivity index (χ2v) is 3.72. The van der Waals surface area contributed by atoms with Crippen LogP contribution in [0.25, 0.3) is 0 Å². The summed E-state index contributed by atoms with van der Waals surface area (Å²) in [6.45, 7) is 0. The van der Waals surface area contributed by atoms with Gasteiger partial charge in [-0.25, -0.2) is 4.39 Å². The summed E-state index contributed by atoms with van der Waals surface area (Å²) >= 11 is 1.72. The minimum Gasteiger partial charge on any atom is -0.503 e. The lowest BCUT2D eigenvalue weighted by molar-refractivity contribution is 0.432. The molecule has 0 aliphatic rings. The molecule has 0 unspecified atom stereocenters. The highest BCUT2D eigenvalue weighted by atomic mass is 127. The van der Waals surface area contributed by atoms with E-state index >= 15 is 0 Å². The minimum atomic E-state index is -0.781. The molecule has 5 nitrogen and oxygen atoms in total. The smallest absolute Gasteiger partial charge is 0.237 e. The Morgan fingerprint density at radius 2 is 2.06 bits per heavy atom. The highest BCUT2D eigenvalue weighted by molar-refractivity contribution is 14.1. The number of benzene rings is 1. The Morgan fingerprint density at radius 3 is 2.62 bits per heavy atom. The molecule has 0 saturated heterocycles. The van der Waals surface area contributed by atoms with E-state index in [1.165, 1.54) is 24.3 Å². The molecule has 0 amide bonds. The Labute approximate surface area is 104 Å². The number of halogens is 2. The number of phenolic OH excluding ortho intramolecular Hbond substituents is 1. The van der Waals surface area contributed by atoms with Crippen molar-refractivity contribution in [3.05, 3.63) is 21.5 Å². The fraction of sp³-hybridized carbons (Fsp3) is 0. The molecule has 2 N–H and O–H groups in total. The van der Waals surface area contributed by atoms with Crippen molar-refractivity contribution in [1.29, 1.82) is 10.5 Å². The topological polar surface area (TPSA) is 92.2 Å². The molecule has 80 valence electrons. The molecule has 0 aliphatic heterocycles. The van der Waals surface area contributed by atoms with Crippen LogP contribution in [0.3, 0.4) is 0 Å². The summed E-state index contributed by atoms with van der Waals surface area (Å²) in [5.41, 5.74) is 1.80. The van der Waals surface area contributed by atoms with E-state index in [1.807, 2.05) is 0 Å². The zero-order valence-corrected chi connectivity index (χ0v) is 9.86. The van der Waals surface area contributed by atoms with Crippen LogP contribution < -0.4 is 5.43 Å². The highest BCUT2D eigenvalue weighted by Crippen LogP contribution is 2.29. The Kier molecular flexibility index (Phi) is 4.03. The first-order chi connectivity index (χ1) is 7.60. The van der Waals surface area contributed by atoms with Crippen LogP contribution in [-0.2, 0) is 0 Å². The molecule has 16 heavy (non-hydrogen) atoms. The average Bonchev–Trinajstić information content (AvgIpc) is 2.30. The fourth-order valence-electron chi connectivity index (χ4n) is 0.821. The number of nitrogens with zero attached hydrogens (tertiary/aromatic N) is 3. The Bertz CT molecular complexity index is 514. The molecule has 0 heterocycles. The van der Waals surface area contributed by atoms with Gasteiger partial charge >= 0.3 is 0 Å². The summed E-state index contributed by atoms with van der Waals surface area (Å²) in [6.07, 6.45) is 0. The summed E-state index contributed by atoms with van der Waals surface area (Å²) in [6, 6.07) is 5.84. The van der Waals surface area contributed by atoms with Crippen LogP contribution in [-0.4, -0.2) is 10.8 Å². The second-order valence-electron chi connectivity index (χ2n) is 2.55. The SMILES string of the molecule is N#CC(C#N)=NNc1ccc(I)c(F)c1O. The van der Waals surface area contributed by atoms with Gasteiger partial charge in [0.25, 0.3) is 0 Å². The van der Waals surface area contributed by atoms with Crippen LogP contribution >= 0.6 is 22.6 Å². The Hall–Kier alpha value is -1.87. The molecule has 0 fully saturated rings. The van der Waals surface area contributed by atoms with E-state index in [4.69, 9.17) is 10.5 Å². The largest absolute Gasteiger partial charge is 0.503 e. The monoisotopic (exact) mass is 330 g/mol. The average molecular weight is 330 g/mol. The molecule has 0 bridgehead atoms. The van der Waals surface area contributed by atoms with Crippen LogP contribution in [0.1, 0.15) is 0 Å². The van der Waals surface area contributed by atoms with Gasteiger partial charge in [0.05, 0.1) is 3.57 Å². The van der Waals surface area contributed by atoms with Crippen molar-refractivity contribution >= 4 is 34.0 Å². The molecule has 0 atom stereocenters. The zero-order valence-electron chi connectivity index (χ0n) is 7.70. The van der Waals surface area contributed by atoms with E-state index in [-0.39, 0.29) is 9.26 Å². The molecule has 1 aromatic rings. The van der Waals surface area contributed by atoms with Crippen molar-refractivity contribution in [2.24, 2.45) is 5.10 Å². The van der Waals surface area contributed by atoms with Crippen molar-refractivity contribution < 1.29 is 9.50 Å². The lowest BCUT2D eigenvalue weighted by Crippen LogP contribution is -1.98. The van der Waals surface area contributed by atoms with Crippen LogP contribution in [0.2, 0.25) is 0 Å². The van der Waals surface area contributed by atoms with Crippen molar-refractivity contribution in [2.75, 3.05) is 5.43 Å². The Balaban J connectivity index is 3.02. The molecule has 0 aromatic heterocycles. The van der Waals surface area contributed by atoms with Crippen LogP contribution in [0.5, 0.6) is 5.75 Å². The number of hydrazone groups is 1. The molecule has 0 spiro atoms. The number of phenols is 1. The first-order valence-electron chi connectivity index (χ1n) is 3.91. The number of hydrogen-bond donors (Lipinski definition) is 2. The third kappa shape index (κ3) is 2.58. The molecule has 7 heteroatoms. The second kappa shape index (κ2) is 5.28. The minimum absolute atomic E-state index is 0.0130. The van der Waals surface area contributed by atoms with Gasteiger partial charge < -0.3 is 5.11 Å². The number of aromatic hydroxyl groups is 1. The molecule has 1 aromatic carbocycles. The maximum absolute atomic E-state index is 13.2. The molecule has 0 radical (unpaired) electrons. The van der Waals surface area contributed by atoms with Crippen molar-refractivity contribution in [3.63, 3.8) is 0 Å². The van der Waals surface area contributed by atoms with Gasteiger partial charge in [-0.1, -0.05) is 0 Å². The Morgan fingerprint density at radius 1 is 1.44 bits per heavy atom. The van der Waals surface area contributed by atoms with Gasteiger partial charge in [-0.15, -0.1) is 0 Å². The van der Waals surface area contributed by atoms with Crippen molar-refractivity contribution in [1.82, 2.24) is 0 Å². The molecular weight excluding hydrogens is 326 g/mol. The molecule has 0 aliphatic carbocycles. The highest BCUT2D eigenvalue weighted by Gasteiger charge is 2.10. The maximum Gasteiger partial charge on any atom is 0.237 e. The van der Waals surface area contributed by atoms with Gasteiger partial charge in [0.2, 0.25) is 5.71 Å². The molecule has 0 saturated carbocycles.